The fraction of sp³-hybridized carbons (Fsp3) is 0.0714. The largest absolute Gasteiger partial charge is 0.507 e. The van der Waals surface area contributed by atoms with Gasteiger partial charge < -0.3 is 5.11 Å². The summed E-state index contributed by atoms with van der Waals surface area (Å²) < 4.78 is 0.874. The zero-order valence-electron chi connectivity index (χ0n) is 10.6. The van der Waals surface area contributed by atoms with Crippen LogP contribution in [0.5, 0.6) is 5.75 Å². The van der Waals surface area contributed by atoms with E-state index in [1.54, 1.807) is 12.3 Å². The second-order valence-corrected chi connectivity index (χ2v) is 6.04. The fourth-order valence-electron chi connectivity index (χ4n) is 1.88. The van der Waals surface area contributed by atoms with Crippen molar-refractivity contribution in [1.29, 1.82) is 0 Å². The molecule has 0 bridgehead atoms. The molecule has 3 rings (SSSR count). The van der Waals surface area contributed by atoms with Crippen molar-refractivity contribution in [3.8, 4) is 5.75 Å². The molecule has 0 saturated carbocycles. The Bertz CT molecular complexity index is 783. The normalized spacial score (nSPS) is 11.4. The van der Waals surface area contributed by atoms with Crippen molar-refractivity contribution in [2.75, 3.05) is 6.26 Å². The monoisotopic (exact) mass is 301 g/mol. The lowest BCUT2D eigenvalue weighted by Gasteiger charge is -2.03. The highest BCUT2D eigenvalue weighted by Crippen LogP contribution is 2.28. The van der Waals surface area contributed by atoms with Gasteiger partial charge in [0.05, 0.1) is 0 Å². The number of fused-ring (bicyclic) bond motifs is 1. The average molecular weight is 301 g/mol. The molecular weight excluding hydrogens is 290 g/mol. The summed E-state index contributed by atoms with van der Waals surface area (Å²) in [5.41, 5.74) is 0.698. The standard InChI is InChI=1S/C14H11N3OS2/c1-19-14-17-16-13(20-14)15-8-11-10-5-3-2-4-9(10)6-7-12(11)18/h2-8,18H,1H3. The smallest absolute Gasteiger partial charge is 0.232 e. The number of hydrogen-bond donors (Lipinski definition) is 1. The van der Waals surface area contributed by atoms with E-state index in [1.165, 1.54) is 23.1 Å². The second kappa shape index (κ2) is 5.60. The molecule has 2 aromatic carbocycles. The first-order chi connectivity index (χ1) is 9.78. The maximum absolute atomic E-state index is 10.0. The van der Waals surface area contributed by atoms with E-state index in [0.717, 1.165) is 15.1 Å². The Balaban J connectivity index is 2.03. The number of aromatic nitrogens is 2. The molecule has 0 unspecified atom stereocenters. The van der Waals surface area contributed by atoms with Crippen molar-refractivity contribution in [2.24, 2.45) is 4.99 Å². The molecule has 0 aliphatic heterocycles. The molecule has 0 saturated heterocycles. The third-order valence-corrected chi connectivity index (χ3v) is 4.63. The van der Waals surface area contributed by atoms with Gasteiger partial charge in [0.1, 0.15) is 5.75 Å². The van der Waals surface area contributed by atoms with E-state index in [4.69, 9.17) is 0 Å². The number of aliphatic imine (C=N–C) groups is 1. The van der Waals surface area contributed by atoms with Crippen LogP contribution < -0.4 is 0 Å². The minimum Gasteiger partial charge on any atom is -0.507 e. The molecule has 0 atom stereocenters. The summed E-state index contributed by atoms with van der Waals surface area (Å²) in [5, 5.41) is 20.6. The summed E-state index contributed by atoms with van der Waals surface area (Å²) in [4.78, 5) is 4.30. The maximum atomic E-state index is 10.0. The van der Waals surface area contributed by atoms with Crippen LogP contribution in [0.1, 0.15) is 5.56 Å². The summed E-state index contributed by atoms with van der Waals surface area (Å²) in [6.07, 6.45) is 3.59. The topological polar surface area (TPSA) is 58.4 Å². The van der Waals surface area contributed by atoms with Crippen molar-refractivity contribution >= 4 is 45.2 Å². The number of rotatable bonds is 3. The molecule has 1 aromatic heterocycles. The minimum absolute atomic E-state index is 0.210. The lowest BCUT2D eigenvalue weighted by molar-refractivity contribution is 0.475. The van der Waals surface area contributed by atoms with Gasteiger partial charge in [-0.1, -0.05) is 53.4 Å². The van der Waals surface area contributed by atoms with Gasteiger partial charge in [-0.2, -0.15) is 0 Å². The third-order valence-electron chi connectivity index (χ3n) is 2.82. The number of aromatic hydroxyl groups is 1. The fourth-order valence-corrected chi connectivity index (χ4v) is 2.98. The number of nitrogens with zero attached hydrogens (tertiary/aromatic N) is 3. The molecule has 0 amide bonds. The molecule has 0 fully saturated rings. The van der Waals surface area contributed by atoms with Crippen LogP contribution >= 0.6 is 23.1 Å². The maximum Gasteiger partial charge on any atom is 0.232 e. The van der Waals surface area contributed by atoms with Gasteiger partial charge in [-0.25, -0.2) is 4.99 Å². The van der Waals surface area contributed by atoms with Crippen LogP contribution in [-0.4, -0.2) is 27.8 Å². The van der Waals surface area contributed by atoms with Gasteiger partial charge in [-0.15, -0.1) is 10.2 Å². The first kappa shape index (κ1) is 13.1. The van der Waals surface area contributed by atoms with E-state index in [-0.39, 0.29) is 5.75 Å². The Kier molecular flexibility index (Phi) is 3.66. The summed E-state index contributed by atoms with van der Waals surface area (Å²) in [7, 11) is 0. The molecule has 1 heterocycles. The van der Waals surface area contributed by atoms with E-state index >= 15 is 0 Å². The van der Waals surface area contributed by atoms with Crippen LogP contribution in [0.2, 0.25) is 0 Å². The molecule has 1 N–H and O–H groups in total. The van der Waals surface area contributed by atoms with E-state index in [2.05, 4.69) is 15.2 Å². The van der Waals surface area contributed by atoms with Crippen molar-refractivity contribution in [3.63, 3.8) is 0 Å². The number of thioether (sulfide) groups is 1. The molecule has 4 nitrogen and oxygen atoms in total. The highest BCUT2D eigenvalue weighted by atomic mass is 32.2. The SMILES string of the molecule is CSc1nnc(N=Cc2c(O)ccc3ccccc23)s1. The van der Waals surface area contributed by atoms with Gasteiger partial charge in [-0.3, -0.25) is 0 Å². The van der Waals surface area contributed by atoms with Crippen LogP contribution in [0.3, 0.4) is 0 Å². The molecule has 100 valence electrons. The van der Waals surface area contributed by atoms with Crippen molar-refractivity contribution in [3.05, 3.63) is 42.0 Å². The van der Waals surface area contributed by atoms with Gasteiger partial charge in [0.25, 0.3) is 0 Å². The molecule has 6 heteroatoms. The van der Waals surface area contributed by atoms with Gasteiger partial charge in [0.2, 0.25) is 5.13 Å². The molecule has 0 aliphatic rings. The van der Waals surface area contributed by atoms with E-state index in [0.29, 0.717) is 10.7 Å². The van der Waals surface area contributed by atoms with Crippen LogP contribution in [0.15, 0.2) is 45.7 Å². The van der Waals surface area contributed by atoms with Crippen molar-refractivity contribution < 1.29 is 5.11 Å². The first-order valence-corrected chi connectivity index (χ1v) is 7.94. The van der Waals surface area contributed by atoms with E-state index in [1.807, 2.05) is 36.6 Å². The molecule has 0 spiro atoms. The Morgan fingerprint density at radius 1 is 1.20 bits per heavy atom. The number of phenolic OH excluding ortho intramolecular Hbond substituents is 1. The number of hydrogen-bond acceptors (Lipinski definition) is 6. The third kappa shape index (κ3) is 2.52. The highest BCUT2D eigenvalue weighted by Gasteiger charge is 2.05. The molecule has 3 aromatic rings. The van der Waals surface area contributed by atoms with Crippen LogP contribution in [0.4, 0.5) is 5.13 Å². The van der Waals surface area contributed by atoms with Crippen LogP contribution in [0, 0.1) is 0 Å². The van der Waals surface area contributed by atoms with E-state index in [9.17, 15) is 5.11 Å². The quantitative estimate of drug-likeness (QED) is 0.589. The predicted octanol–water partition coefficient (Wildman–Crippen LogP) is 3.87. The summed E-state index contributed by atoms with van der Waals surface area (Å²) >= 11 is 2.96. The predicted molar refractivity (Wildman–Crippen MR) is 84.6 cm³/mol. The average Bonchev–Trinajstić information content (AvgIpc) is 2.94. The van der Waals surface area contributed by atoms with Gasteiger partial charge in [0, 0.05) is 11.8 Å². The molecule has 0 radical (unpaired) electrons. The van der Waals surface area contributed by atoms with Gasteiger partial charge in [-0.05, 0) is 23.1 Å². The van der Waals surface area contributed by atoms with Crippen molar-refractivity contribution in [2.45, 2.75) is 4.34 Å². The minimum atomic E-state index is 0.210. The summed E-state index contributed by atoms with van der Waals surface area (Å²) in [6.45, 7) is 0. The van der Waals surface area contributed by atoms with Crippen molar-refractivity contribution in [1.82, 2.24) is 10.2 Å². The first-order valence-electron chi connectivity index (χ1n) is 5.90. The van der Waals surface area contributed by atoms with Gasteiger partial charge >= 0.3 is 0 Å². The summed E-state index contributed by atoms with van der Waals surface area (Å²) in [5.74, 6) is 0.210. The molecular formula is C14H11N3OS2. The highest BCUT2D eigenvalue weighted by molar-refractivity contribution is 8.00. The number of benzene rings is 2. The Morgan fingerprint density at radius 3 is 2.85 bits per heavy atom. The zero-order chi connectivity index (χ0) is 13.9. The molecule has 0 aliphatic carbocycles. The molecule has 20 heavy (non-hydrogen) atoms. The lowest BCUT2D eigenvalue weighted by atomic mass is 10.0. The number of phenols is 1. The van der Waals surface area contributed by atoms with Gasteiger partial charge in [0.15, 0.2) is 4.34 Å². The Hall–Kier alpha value is -1.92. The summed E-state index contributed by atoms with van der Waals surface area (Å²) in [6, 6.07) is 11.4. The lowest BCUT2D eigenvalue weighted by Crippen LogP contribution is -1.85. The Morgan fingerprint density at radius 2 is 2.05 bits per heavy atom. The van der Waals surface area contributed by atoms with Crippen LogP contribution in [-0.2, 0) is 0 Å². The second-order valence-electron chi connectivity index (χ2n) is 4.03. The Labute approximate surface area is 124 Å². The zero-order valence-corrected chi connectivity index (χ0v) is 12.3. The van der Waals surface area contributed by atoms with E-state index < -0.39 is 0 Å². The van der Waals surface area contributed by atoms with Crippen LogP contribution in [0.25, 0.3) is 10.8 Å².